The molecule has 1 aliphatic heterocycles. The van der Waals surface area contributed by atoms with Crippen LogP contribution in [-0.2, 0) is 13.0 Å². The van der Waals surface area contributed by atoms with E-state index in [0.29, 0.717) is 18.3 Å². The second-order valence-corrected chi connectivity index (χ2v) is 9.42. The fraction of sp³-hybridized carbons (Fsp3) is 0.500. The molecule has 6 heteroatoms. The fourth-order valence-corrected chi connectivity index (χ4v) is 5.69. The maximum Gasteiger partial charge on any atom is 0.274 e. The molecule has 2 aromatic heterocycles. The number of aryl methyl sites for hydroxylation is 1. The van der Waals surface area contributed by atoms with E-state index in [4.69, 9.17) is 4.98 Å². The number of hydrogen-bond donors (Lipinski definition) is 1. The van der Waals surface area contributed by atoms with Gasteiger partial charge >= 0.3 is 0 Å². The van der Waals surface area contributed by atoms with Crippen molar-refractivity contribution in [1.82, 2.24) is 19.6 Å². The van der Waals surface area contributed by atoms with Gasteiger partial charge < -0.3 is 10.2 Å². The molecule has 2 aliphatic rings. The Morgan fingerprint density at radius 2 is 1.90 bits per heavy atom. The molecule has 0 bridgehead atoms. The molecule has 0 saturated carbocycles. The van der Waals surface area contributed by atoms with Crippen LogP contribution < -0.4 is 5.32 Å². The molecule has 5 nitrogen and oxygen atoms in total. The van der Waals surface area contributed by atoms with Crippen molar-refractivity contribution in [2.24, 2.45) is 0 Å². The Bertz CT molecular complexity index is 1020. The molecule has 1 N–H and O–H groups in total. The Balaban J connectivity index is 1.39. The minimum atomic E-state index is 0.105. The molecule has 3 aromatic rings. The van der Waals surface area contributed by atoms with Gasteiger partial charge in [0.05, 0.1) is 5.69 Å². The average molecular weight is 423 g/mol. The number of fused-ring (bicyclic) bond motifs is 2. The number of carbonyl (C=O) groups excluding carboxylic acids is 1. The summed E-state index contributed by atoms with van der Waals surface area (Å²) in [6, 6.07) is 9.09. The van der Waals surface area contributed by atoms with Crippen molar-refractivity contribution < 1.29 is 4.79 Å². The molecule has 30 heavy (non-hydrogen) atoms. The number of nitrogens with zero attached hydrogens (tertiary/aromatic N) is 3. The molecule has 0 radical (unpaired) electrons. The number of aromatic nitrogens is 2. The highest BCUT2D eigenvalue weighted by molar-refractivity contribution is 7.15. The van der Waals surface area contributed by atoms with Crippen LogP contribution in [0.5, 0.6) is 0 Å². The van der Waals surface area contributed by atoms with Crippen molar-refractivity contribution >= 4 is 22.2 Å². The molecule has 1 amide bonds. The van der Waals surface area contributed by atoms with E-state index in [2.05, 4.69) is 34.0 Å². The van der Waals surface area contributed by atoms with E-state index in [1.165, 1.54) is 36.8 Å². The zero-order chi connectivity index (χ0) is 20.3. The molecule has 1 saturated heterocycles. The third kappa shape index (κ3) is 3.91. The molecular formula is C24H30N4OS. The van der Waals surface area contributed by atoms with Gasteiger partial charge in [-0.05, 0) is 43.2 Å². The van der Waals surface area contributed by atoms with Gasteiger partial charge in [-0.3, -0.25) is 9.20 Å². The number of hydrogen-bond acceptors (Lipinski definition) is 4. The number of nitrogens with one attached hydrogen (secondary N) is 1. The quantitative estimate of drug-likeness (QED) is 0.646. The summed E-state index contributed by atoms with van der Waals surface area (Å²) in [6.07, 6.45) is 11.5. The predicted octanol–water partition coefficient (Wildman–Crippen LogP) is 4.97. The lowest BCUT2D eigenvalue weighted by Gasteiger charge is -2.27. The van der Waals surface area contributed by atoms with Gasteiger partial charge in [0.25, 0.3) is 5.91 Å². The third-order valence-corrected chi connectivity index (χ3v) is 7.35. The second-order valence-electron chi connectivity index (χ2n) is 8.55. The summed E-state index contributed by atoms with van der Waals surface area (Å²) in [7, 11) is 0. The number of benzene rings is 1. The van der Waals surface area contributed by atoms with Gasteiger partial charge in [-0.25, -0.2) is 4.98 Å². The van der Waals surface area contributed by atoms with Crippen LogP contribution in [0.4, 0.5) is 0 Å². The third-order valence-electron chi connectivity index (χ3n) is 6.59. The minimum Gasteiger partial charge on any atom is -0.337 e. The first-order valence-electron chi connectivity index (χ1n) is 11.4. The van der Waals surface area contributed by atoms with Crippen LogP contribution in [-0.4, -0.2) is 33.3 Å². The van der Waals surface area contributed by atoms with Crippen LogP contribution in [0.2, 0.25) is 0 Å². The highest BCUT2D eigenvalue weighted by Gasteiger charge is 2.26. The minimum absolute atomic E-state index is 0.105. The summed E-state index contributed by atoms with van der Waals surface area (Å²) in [6.45, 7) is 2.37. The van der Waals surface area contributed by atoms with Crippen LogP contribution in [0.15, 0.2) is 35.8 Å². The van der Waals surface area contributed by atoms with Crippen molar-refractivity contribution in [1.29, 1.82) is 0 Å². The molecule has 1 aromatic carbocycles. The summed E-state index contributed by atoms with van der Waals surface area (Å²) < 4.78 is 2.10. The number of amides is 1. The lowest BCUT2D eigenvalue weighted by molar-refractivity contribution is 0.0735. The smallest absolute Gasteiger partial charge is 0.274 e. The van der Waals surface area contributed by atoms with E-state index in [0.717, 1.165) is 49.4 Å². The van der Waals surface area contributed by atoms with Gasteiger partial charge in [0, 0.05) is 37.3 Å². The second kappa shape index (κ2) is 8.90. The number of likely N-dealkylation sites (tertiary alicyclic amines) is 1. The van der Waals surface area contributed by atoms with Gasteiger partial charge in [0.1, 0.15) is 0 Å². The van der Waals surface area contributed by atoms with Crippen molar-refractivity contribution in [3.8, 4) is 0 Å². The van der Waals surface area contributed by atoms with Crippen LogP contribution in [0.3, 0.4) is 0 Å². The summed E-state index contributed by atoms with van der Waals surface area (Å²) in [5.74, 6) is 0.105. The van der Waals surface area contributed by atoms with Crippen molar-refractivity contribution in [2.75, 3.05) is 13.1 Å². The van der Waals surface area contributed by atoms with Gasteiger partial charge in [-0.15, -0.1) is 11.3 Å². The van der Waals surface area contributed by atoms with Crippen LogP contribution >= 0.6 is 11.3 Å². The molecule has 0 unspecified atom stereocenters. The predicted molar refractivity (Wildman–Crippen MR) is 121 cm³/mol. The fourth-order valence-electron chi connectivity index (χ4n) is 4.96. The molecule has 1 aliphatic carbocycles. The Hall–Kier alpha value is -2.18. The van der Waals surface area contributed by atoms with Crippen LogP contribution in [0, 0.1) is 0 Å². The van der Waals surface area contributed by atoms with Crippen LogP contribution in [0.25, 0.3) is 4.96 Å². The number of carbonyl (C=O) groups is 1. The first kappa shape index (κ1) is 19.8. The Morgan fingerprint density at radius 3 is 2.77 bits per heavy atom. The van der Waals surface area contributed by atoms with E-state index in [9.17, 15) is 4.79 Å². The van der Waals surface area contributed by atoms with Crippen LogP contribution in [0.1, 0.15) is 78.3 Å². The van der Waals surface area contributed by atoms with Gasteiger partial charge in [0.2, 0.25) is 0 Å². The van der Waals surface area contributed by atoms with Crippen molar-refractivity contribution in [3.05, 3.63) is 58.4 Å². The normalized spacial score (nSPS) is 20.0. The molecule has 0 spiro atoms. The number of thiazole rings is 1. The van der Waals surface area contributed by atoms with E-state index in [1.54, 1.807) is 11.3 Å². The Morgan fingerprint density at radius 1 is 1.10 bits per heavy atom. The highest BCUT2D eigenvalue weighted by atomic mass is 32.1. The van der Waals surface area contributed by atoms with Gasteiger partial charge in [-0.1, -0.05) is 43.5 Å². The molecule has 3 heterocycles. The van der Waals surface area contributed by atoms with E-state index < -0.39 is 0 Å². The monoisotopic (exact) mass is 422 g/mol. The summed E-state index contributed by atoms with van der Waals surface area (Å²) in [5, 5.41) is 5.80. The van der Waals surface area contributed by atoms with E-state index in [1.807, 2.05) is 16.5 Å². The first-order chi connectivity index (χ1) is 14.8. The van der Waals surface area contributed by atoms with Gasteiger partial charge in [-0.2, -0.15) is 0 Å². The number of imidazole rings is 1. The topological polar surface area (TPSA) is 49.6 Å². The van der Waals surface area contributed by atoms with Crippen molar-refractivity contribution in [2.45, 2.75) is 64.0 Å². The molecule has 1 fully saturated rings. The SMILES string of the molecule is O=C(c1nc2sccn2c1CN[C@@H]1CCCc2ccccc21)N1CCCCCCC1. The lowest BCUT2D eigenvalue weighted by atomic mass is 9.88. The zero-order valence-electron chi connectivity index (χ0n) is 17.5. The summed E-state index contributed by atoms with van der Waals surface area (Å²) in [5.41, 5.74) is 4.50. The Labute approximate surface area is 182 Å². The highest BCUT2D eigenvalue weighted by Crippen LogP contribution is 2.30. The lowest BCUT2D eigenvalue weighted by Crippen LogP contribution is -2.35. The van der Waals surface area contributed by atoms with Crippen molar-refractivity contribution in [3.63, 3.8) is 0 Å². The molecular weight excluding hydrogens is 392 g/mol. The van der Waals surface area contributed by atoms with Gasteiger partial charge in [0.15, 0.2) is 10.7 Å². The maximum absolute atomic E-state index is 13.4. The average Bonchev–Trinajstić information content (AvgIpc) is 3.33. The molecule has 5 rings (SSSR count). The van der Waals surface area contributed by atoms with E-state index >= 15 is 0 Å². The Kier molecular flexibility index (Phi) is 5.86. The number of rotatable bonds is 4. The zero-order valence-corrected chi connectivity index (χ0v) is 18.3. The summed E-state index contributed by atoms with van der Waals surface area (Å²) >= 11 is 1.60. The van der Waals surface area contributed by atoms with E-state index in [-0.39, 0.29) is 5.91 Å². The maximum atomic E-state index is 13.4. The molecule has 158 valence electrons. The molecule has 1 atom stereocenters. The first-order valence-corrected chi connectivity index (χ1v) is 12.2. The largest absolute Gasteiger partial charge is 0.337 e. The standard InChI is InChI=1S/C24H30N4OS/c29-23(27-13-6-2-1-3-7-14-27)22-21(28-15-16-30-24(28)26-22)17-25-20-12-8-10-18-9-4-5-11-19(18)20/h4-5,9,11,15-16,20,25H,1-3,6-8,10,12-14,17H2/t20-/m1/s1. The summed E-state index contributed by atoms with van der Waals surface area (Å²) in [4.78, 5) is 21.1.